The molecule has 0 atom stereocenters. The molecule has 2 N–H and O–H groups in total. The number of carbonyl (C=O) groups is 1. The molecular formula is C16H12N4O3S2. The van der Waals surface area contributed by atoms with Crippen LogP contribution in [-0.2, 0) is 12.8 Å². The summed E-state index contributed by atoms with van der Waals surface area (Å²) in [5.41, 5.74) is 1.82. The molecule has 1 aliphatic rings. The van der Waals surface area contributed by atoms with E-state index in [-0.39, 0.29) is 16.4 Å². The van der Waals surface area contributed by atoms with Crippen molar-refractivity contribution in [2.45, 2.75) is 19.3 Å². The molecule has 1 amide bonds. The van der Waals surface area contributed by atoms with E-state index < -0.39 is 10.8 Å². The number of non-ortho nitro benzene ring substituents is 1. The van der Waals surface area contributed by atoms with Crippen LogP contribution in [0.5, 0.6) is 0 Å². The van der Waals surface area contributed by atoms with Crippen LogP contribution in [0.4, 0.5) is 10.7 Å². The van der Waals surface area contributed by atoms with Gasteiger partial charge in [-0.3, -0.25) is 20.2 Å². The minimum absolute atomic E-state index is 0.0831. The Kier molecular flexibility index (Phi) is 4.74. The number of hydrogen-bond acceptors (Lipinski definition) is 6. The van der Waals surface area contributed by atoms with Gasteiger partial charge in [0.15, 0.2) is 5.11 Å². The molecule has 0 spiro atoms. The van der Waals surface area contributed by atoms with Crippen molar-refractivity contribution < 1.29 is 9.72 Å². The molecule has 0 radical (unpaired) electrons. The van der Waals surface area contributed by atoms with Crippen LogP contribution < -0.4 is 10.6 Å². The van der Waals surface area contributed by atoms with Crippen LogP contribution in [0.15, 0.2) is 24.3 Å². The Labute approximate surface area is 152 Å². The molecule has 1 heterocycles. The van der Waals surface area contributed by atoms with E-state index in [0.717, 1.165) is 24.8 Å². The lowest BCUT2D eigenvalue weighted by Gasteiger charge is -2.08. The molecule has 0 aliphatic heterocycles. The predicted molar refractivity (Wildman–Crippen MR) is 97.8 cm³/mol. The van der Waals surface area contributed by atoms with Crippen molar-refractivity contribution in [2.75, 3.05) is 5.32 Å². The van der Waals surface area contributed by atoms with Crippen molar-refractivity contribution in [1.29, 1.82) is 5.26 Å². The van der Waals surface area contributed by atoms with Crippen molar-refractivity contribution >= 4 is 45.3 Å². The summed E-state index contributed by atoms with van der Waals surface area (Å²) < 4.78 is 0. The van der Waals surface area contributed by atoms with Gasteiger partial charge in [0.2, 0.25) is 0 Å². The predicted octanol–water partition coefficient (Wildman–Crippen LogP) is 3.14. The summed E-state index contributed by atoms with van der Waals surface area (Å²) in [6.07, 6.45) is 2.90. The zero-order chi connectivity index (χ0) is 18.0. The fourth-order valence-corrected chi connectivity index (χ4v) is 4.16. The number of carbonyl (C=O) groups excluding carboxylic acids is 1. The topological polar surface area (TPSA) is 108 Å². The maximum atomic E-state index is 12.2. The monoisotopic (exact) mass is 372 g/mol. The van der Waals surface area contributed by atoms with Gasteiger partial charge in [-0.15, -0.1) is 11.3 Å². The van der Waals surface area contributed by atoms with E-state index in [2.05, 4.69) is 16.7 Å². The highest BCUT2D eigenvalue weighted by atomic mass is 32.1. The van der Waals surface area contributed by atoms with Crippen molar-refractivity contribution in [3.05, 3.63) is 55.9 Å². The second kappa shape index (κ2) is 6.96. The number of nitro groups is 1. The van der Waals surface area contributed by atoms with E-state index in [1.807, 2.05) is 0 Å². The van der Waals surface area contributed by atoms with E-state index in [1.54, 1.807) is 0 Å². The standard InChI is InChI=1S/C16H12N4O3S2/c17-8-12-11-2-1-3-13(11)25-15(12)19-16(24)18-14(21)9-4-6-10(7-5-9)20(22)23/h4-7H,1-3H2,(H2,18,19,21,24). The van der Waals surface area contributed by atoms with Gasteiger partial charge in [0.1, 0.15) is 11.1 Å². The van der Waals surface area contributed by atoms with E-state index >= 15 is 0 Å². The number of benzene rings is 1. The molecule has 126 valence electrons. The first-order chi connectivity index (χ1) is 12.0. The van der Waals surface area contributed by atoms with Crippen LogP contribution in [0.1, 0.15) is 32.8 Å². The lowest BCUT2D eigenvalue weighted by atomic mass is 10.1. The number of nitrogens with one attached hydrogen (secondary N) is 2. The Hall–Kier alpha value is -2.83. The Morgan fingerprint density at radius 1 is 1.32 bits per heavy atom. The molecule has 0 saturated heterocycles. The van der Waals surface area contributed by atoms with Gasteiger partial charge in [0.25, 0.3) is 11.6 Å². The van der Waals surface area contributed by atoms with Crippen LogP contribution in [-0.4, -0.2) is 15.9 Å². The van der Waals surface area contributed by atoms with Gasteiger partial charge >= 0.3 is 0 Å². The van der Waals surface area contributed by atoms with Crippen LogP contribution in [0.25, 0.3) is 0 Å². The molecule has 0 bridgehead atoms. The van der Waals surface area contributed by atoms with Gasteiger partial charge in [0.05, 0.1) is 10.5 Å². The average Bonchev–Trinajstić information content (AvgIpc) is 3.15. The number of amides is 1. The highest BCUT2D eigenvalue weighted by molar-refractivity contribution is 7.80. The minimum atomic E-state index is -0.534. The largest absolute Gasteiger partial charge is 0.323 e. The second-order valence-electron chi connectivity index (χ2n) is 5.39. The number of aryl methyl sites for hydroxylation is 1. The van der Waals surface area contributed by atoms with Crippen LogP contribution in [0.3, 0.4) is 0 Å². The third-order valence-electron chi connectivity index (χ3n) is 3.83. The molecule has 1 aromatic carbocycles. The molecular weight excluding hydrogens is 360 g/mol. The van der Waals surface area contributed by atoms with Gasteiger partial charge in [-0.1, -0.05) is 0 Å². The first-order valence-corrected chi connectivity index (χ1v) is 8.63. The van der Waals surface area contributed by atoms with Gasteiger partial charge < -0.3 is 5.32 Å². The summed E-state index contributed by atoms with van der Waals surface area (Å²) in [7, 11) is 0. The van der Waals surface area contributed by atoms with Crippen molar-refractivity contribution in [3.8, 4) is 6.07 Å². The number of nitriles is 1. The molecule has 3 rings (SSSR count). The van der Waals surface area contributed by atoms with E-state index in [9.17, 15) is 20.2 Å². The summed E-state index contributed by atoms with van der Waals surface area (Å²) in [6, 6.07) is 7.42. The van der Waals surface area contributed by atoms with E-state index in [1.165, 1.54) is 40.5 Å². The number of thiocarbonyl (C=S) groups is 1. The van der Waals surface area contributed by atoms with Crippen molar-refractivity contribution in [3.63, 3.8) is 0 Å². The normalized spacial score (nSPS) is 12.1. The van der Waals surface area contributed by atoms with Crippen molar-refractivity contribution in [1.82, 2.24) is 5.32 Å². The highest BCUT2D eigenvalue weighted by Crippen LogP contribution is 2.38. The summed E-state index contributed by atoms with van der Waals surface area (Å²) in [4.78, 5) is 23.4. The molecule has 1 aromatic heterocycles. The van der Waals surface area contributed by atoms with Crippen molar-refractivity contribution in [2.24, 2.45) is 0 Å². The zero-order valence-corrected chi connectivity index (χ0v) is 14.5. The summed E-state index contributed by atoms with van der Waals surface area (Å²) in [5.74, 6) is -0.477. The summed E-state index contributed by atoms with van der Waals surface area (Å²) in [5, 5.41) is 26.1. The van der Waals surface area contributed by atoms with Gasteiger partial charge in [-0.2, -0.15) is 5.26 Å². The number of thiophene rings is 1. The molecule has 7 nitrogen and oxygen atoms in total. The Balaban J connectivity index is 1.68. The Morgan fingerprint density at radius 2 is 2.04 bits per heavy atom. The fraction of sp³-hybridized carbons (Fsp3) is 0.188. The lowest BCUT2D eigenvalue weighted by molar-refractivity contribution is -0.384. The summed E-state index contributed by atoms with van der Waals surface area (Å²) in [6.45, 7) is 0. The Bertz CT molecular complexity index is 913. The second-order valence-corrected chi connectivity index (χ2v) is 6.90. The SMILES string of the molecule is N#Cc1c(NC(=S)NC(=O)c2ccc([N+](=O)[O-])cc2)sc2c1CCC2. The zero-order valence-electron chi connectivity index (χ0n) is 12.9. The first-order valence-electron chi connectivity index (χ1n) is 7.41. The molecule has 1 aliphatic carbocycles. The van der Waals surface area contributed by atoms with Crippen LogP contribution in [0, 0.1) is 21.4 Å². The smallest absolute Gasteiger partial charge is 0.269 e. The highest BCUT2D eigenvalue weighted by Gasteiger charge is 2.22. The fourth-order valence-electron chi connectivity index (χ4n) is 2.65. The van der Waals surface area contributed by atoms with E-state index in [4.69, 9.17) is 12.2 Å². The molecule has 25 heavy (non-hydrogen) atoms. The lowest BCUT2D eigenvalue weighted by Crippen LogP contribution is -2.34. The maximum absolute atomic E-state index is 12.2. The number of rotatable bonds is 3. The van der Waals surface area contributed by atoms with Gasteiger partial charge in [-0.25, -0.2) is 0 Å². The number of nitrogens with zero attached hydrogens (tertiary/aromatic N) is 2. The Morgan fingerprint density at radius 3 is 2.68 bits per heavy atom. The number of hydrogen-bond donors (Lipinski definition) is 2. The quantitative estimate of drug-likeness (QED) is 0.487. The molecule has 0 fully saturated rings. The van der Waals surface area contributed by atoms with Crippen LogP contribution >= 0.6 is 23.6 Å². The minimum Gasteiger partial charge on any atom is -0.323 e. The molecule has 0 unspecified atom stereocenters. The number of anilines is 1. The third kappa shape index (κ3) is 3.50. The molecule has 0 saturated carbocycles. The molecule has 2 aromatic rings. The van der Waals surface area contributed by atoms with Gasteiger partial charge in [-0.05, 0) is 49.2 Å². The van der Waals surface area contributed by atoms with Crippen LogP contribution in [0.2, 0.25) is 0 Å². The average molecular weight is 372 g/mol. The van der Waals surface area contributed by atoms with E-state index in [0.29, 0.717) is 10.6 Å². The molecule has 9 heteroatoms. The summed E-state index contributed by atoms with van der Waals surface area (Å²) >= 11 is 6.62. The maximum Gasteiger partial charge on any atom is 0.269 e. The number of fused-ring (bicyclic) bond motifs is 1. The van der Waals surface area contributed by atoms with Gasteiger partial charge in [0, 0.05) is 22.6 Å². The number of nitro benzene ring substituents is 1. The first kappa shape index (κ1) is 17.0. The third-order valence-corrected chi connectivity index (χ3v) is 5.24.